The molecule has 0 atom stereocenters. The number of H-pyrrole nitrogens is 1. The van der Waals surface area contributed by atoms with E-state index in [0.717, 1.165) is 63.0 Å². The molecule has 0 spiro atoms. The highest BCUT2D eigenvalue weighted by Crippen LogP contribution is 2.09. The number of rotatable bonds is 5. The highest BCUT2D eigenvalue weighted by molar-refractivity contribution is 5.39. The van der Waals surface area contributed by atoms with Crippen LogP contribution in [-0.2, 0) is 17.6 Å². The lowest BCUT2D eigenvalue weighted by Crippen LogP contribution is -2.37. The lowest BCUT2D eigenvalue weighted by Gasteiger charge is -2.25. The van der Waals surface area contributed by atoms with Gasteiger partial charge in [-0.25, -0.2) is 4.98 Å². The molecule has 1 fully saturated rings. The highest BCUT2D eigenvalue weighted by atomic mass is 16.5. The maximum absolute atomic E-state index is 5.69. The number of aromatic amines is 1. The minimum Gasteiger partial charge on any atom is -0.399 e. The molecule has 0 radical (unpaired) electrons. The first-order valence-electron chi connectivity index (χ1n) is 7.34. The Hall–Kier alpha value is -1.92. The predicted octanol–water partition coefficient (Wildman–Crippen LogP) is 0.852. The number of nitrogens with one attached hydrogen (secondary N) is 1. The van der Waals surface area contributed by atoms with Crippen LogP contribution in [0.5, 0.6) is 0 Å². The van der Waals surface area contributed by atoms with Gasteiger partial charge < -0.3 is 10.5 Å². The molecule has 0 amide bonds. The zero-order chi connectivity index (χ0) is 14.5. The van der Waals surface area contributed by atoms with Gasteiger partial charge in [0.2, 0.25) is 0 Å². The smallest absolute Gasteiger partial charge is 0.151 e. The van der Waals surface area contributed by atoms with Crippen LogP contribution in [0.1, 0.15) is 17.2 Å². The van der Waals surface area contributed by atoms with Gasteiger partial charge in [-0.05, 0) is 17.7 Å². The van der Waals surface area contributed by atoms with Crippen LogP contribution in [0.25, 0.3) is 0 Å². The van der Waals surface area contributed by atoms with E-state index in [9.17, 15) is 0 Å². The number of nitrogens with zero attached hydrogens (tertiary/aromatic N) is 3. The Morgan fingerprint density at radius 3 is 2.71 bits per heavy atom. The van der Waals surface area contributed by atoms with Crippen LogP contribution in [0.2, 0.25) is 0 Å². The third kappa shape index (κ3) is 4.03. The molecule has 3 N–H and O–H groups in total. The second kappa shape index (κ2) is 6.69. The SMILES string of the molecule is Nc1ccc(Cc2nc(CCN3CCOCC3)n[nH]2)cc1. The number of hydrogen-bond donors (Lipinski definition) is 2. The monoisotopic (exact) mass is 287 g/mol. The van der Waals surface area contributed by atoms with Gasteiger partial charge in [-0.2, -0.15) is 5.10 Å². The number of benzene rings is 1. The van der Waals surface area contributed by atoms with Crippen LogP contribution in [0.4, 0.5) is 5.69 Å². The van der Waals surface area contributed by atoms with E-state index in [1.54, 1.807) is 0 Å². The number of nitrogens with two attached hydrogens (primary N) is 1. The summed E-state index contributed by atoms with van der Waals surface area (Å²) in [7, 11) is 0. The maximum atomic E-state index is 5.69. The summed E-state index contributed by atoms with van der Waals surface area (Å²) < 4.78 is 5.34. The van der Waals surface area contributed by atoms with E-state index in [0.29, 0.717) is 0 Å². The van der Waals surface area contributed by atoms with E-state index in [4.69, 9.17) is 10.5 Å². The number of nitrogen functional groups attached to an aromatic ring is 1. The Morgan fingerprint density at radius 1 is 1.19 bits per heavy atom. The Kier molecular flexibility index (Phi) is 4.47. The summed E-state index contributed by atoms with van der Waals surface area (Å²) in [4.78, 5) is 6.94. The average Bonchev–Trinajstić information content (AvgIpc) is 2.96. The zero-order valence-corrected chi connectivity index (χ0v) is 12.1. The van der Waals surface area contributed by atoms with Crippen LogP contribution in [0.3, 0.4) is 0 Å². The molecule has 21 heavy (non-hydrogen) atoms. The van der Waals surface area contributed by atoms with Crippen molar-refractivity contribution in [2.24, 2.45) is 0 Å². The fourth-order valence-electron chi connectivity index (χ4n) is 2.44. The summed E-state index contributed by atoms with van der Waals surface area (Å²) in [6.07, 6.45) is 1.63. The maximum Gasteiger partial charge on any atom is 0.151 e. The van der Waals surface area contributed by atoms with Gasteiger partial charge in [0.1, 0.15) is 5.82 Å². The normalized spacial score (nSPS) is 16.2. The second-order valence-electron chi connectivity index (χ2n) is 5.32. The van der Waals surface area contributed by atoms with Gasteiger partial charge in [0.05, 0.1) is 13.2 Å². The topological polar surface area (TPSA) is 80.1 Å². The third-order valence-corrected chi connectivity index (χ3v) is 3.68. The van der Waals surface area contributed by atoms with Gasteiger partial charge in [0.15, 0.2) is 5.82 Å². The fraction of sp³-hybridized carbons (Fsp3) is 0.467. The predicted molar refractivity (Wildman–Crippen MR) is 81.0 cm³/mol. The molecule has 6 nitrogen and oxygen atoms in total. The van der Waals surface area contributed by atoms with Crippen molar-refractivity contribution in [3.8, 4) is 0 Å². The molecule has 1 aromatic heterocycles. The quantitative estimate of drug-likeness (QED) is 0.797. The molecule has 0 aliphatic carbocycles. The van der Waals surface area contributed by atoms with Crippen LogP contribution < -0.4 is 5.73 Å². The van der Waals surface area contributed by atoms with Crippen molar-refractivity contribution >= 4 is 5.69 Å². The summed E-state index contributed by atoms with van der Waals surface area (Å²) in [5.41, 5.74) is 7.65. The molecule has 1 aliphatic rings. The van der Waals surface area contributed by atoms with E-state index in [1.165, 1.54) is 5.56 Å². The van der Waals surface area contributed by atoms with Crippen molar-refractivity contribution in [3.05, 3.63) is 41.5 Å². The standard InChI is InChI=1S/C15H21N5O/c16-13-3-1-12(2-4-13)11-15-17-14(18-19-15)5-6-20-7-9-21-10-8-20/h1-4H,5-11,16H2,(H,17,18,19). The van der Waals surface area contributed by atoms with Crippen molar-refractivity contribution in [3.63, 3.8) is 0 Å². The zero-order valence-electron chi connectivity index (χ0n) is 12.1. The van der Waals surface area contributed by atoms with Crippen LogP contribution in [0, 0.1) is 0 Å². The number of aromatic nitrogens is 3. The van der Waals surface area contributed by atoms with Crippen molar-refractivity contribution in [1.82, 2.24) is 20.1 Å². The van der Waals surface area contributed by atoms with Crippen LogP contribution >= 0.6 is 0 Å². The minimum absolute atomic E-state index is 0.755. The summed E-state index contributed by atoms with van der Waals surface area (Å²) in [6.45, 7) is 4.65. The molecule has 0 saturated carbocycles. The highest BCUT2D eigenvalue weighted by Gasteiger charge is 2.11. The summed E-state index contributed by atoms with van der Waals surface area (Å²) in [5.74, 6) is 1.78. The van der Waals surface area contributed by atoms with Crippen molar-refractivity contribution in [1.29, 1.82) is 0 Å². The van der Waals surface area contributed by atoms with Gasteiger partial charge in [-0.1, -0.05) is 12.1 Å². The first-order valence-corrected chi connectivity index (χ1v) is 7.34. The molecule has 1 saturated heterocycles. The number of anilines is 1. The molecule has 112 valence electrons. The van der Waals surface area contributed by atoms with Crippen LogP contribution in [-0.4, -0.2) is 52.9 Å². The molecule has 0 unspecified atom stereocenters. The van der Waals surface area contributed by atoms with Crippen molar-refractivity contribution in [2.45, 2.75) is 12.8 Å². The molecule has 2 heterocycles. The van der Waals surface area contributed by atoms with E-state index >= 15 is 0 Å². The van der Waals surface area contributed by atoms with Gasteiger partial charge in [0.25, 0.3) is 0 Å². The molecule has 3 rings (SSSR count). The van der Waals surface area contributed by atoms with Gasteiger partial charge in [0, 0.05) is 38.2 Å². The summed E-state index contributed by atoms with van der Waals surface area (Å²) in [6, 6.07) is 7.85. The summed E-state index contributed by atoms with van der Waals surface area (Å²) >= 11 is 0. The van der Waals surface area contributed by atoms with Gasteiger partial charge in [-0.3, -0.25) is 10.00 Å². The van der Waals surface area contributed by atoms with Gasteiger partial charge in [-0.15, -0.1) is 0 Å². The third-order valence-electron chi connectivity index (χ3n) is 3.68. The summed E-state index contributed by atoms with van der Waals surface area (Å²) in [5, 5.41) is 7.32. The lowest BCUT2D eigenvalue weighted by molar-refractivity contribution is 0.0382. The minimum atomic E-state index is 0.755. The first-order chi connectivity index (χ1) is 10.3. The number of morpholine rings is 1. The Balaban J connectivity index is 1.52. The second-order valence-corrected chi connectivity index (χ2v) is 5.32. The van der Waals surface area contributed by atoms with E-state index in [-0.39, 0.29) is 0 Å². The molecule has 1 aromatic carbocycles. The molecule has 6 heteroatoms. The van der Waals surface area contributed by atoms with E-state index < -0.39 is 0 Å². The largest absolute Gasteiger partial charge is 0.399 e. The molecular formula is C15H21N5O. The number of ether oxygens (including phenoxy) is 1. The molecular weight excluding hydrogens is 266 g/mol. The van der Waals surface area contributed by atoms with Crippen molar-refractivity contribution in [2.75, 3.05) is 38.6 Å². The Bertz CT molecular complexity index is 560. The Morgan fingerprint density at radius 2 is 1.95 bits per heavy atom. The fourth-order valence-corrected chi connectivity index (χ4v) is 2.44. The van der Waals surface area contributed by atoms with E-state index in [2.05, 4.69) is 20.1 Å². The van der Waals surface area contributed by atoms with E-state index in [1.807, 2.05) is 24.3 Å². The number of hydrogen-bond acceptors (Lipinski definition) is 5. The molecule has 2 aromatic rings. The van der Waals surface area contributed by atoms with Crippen molar-refractivity contribution < 1.29 is 4.74 Å². The molecule has 0 bridgehead atoms. The van der Waals surface area contributed by atoms with Crippen LogP contribution in [0.15, 0.2) is 24.3 Å². The Labute approximate surface area is 124 Å². The van der Waals surface area contributed by atoms with Gasteiger partial charge >= 0.3 is 0 Å². The average molecular weight is 287 g/mol. The molecule has 1 aliphatic heterocycles. The first kappa shape index (κ1) is 14.0. The lowest BCUT2D eigenvalue weighted by atomic mass is 10.1.